The van der Waals surface area contributed by atoms with Crippen LogP contribution in [0.2, 0.25) is 0 Å². The molecular weight excluding hydrogens is 338 g/mol. The highest BCUT2D eigenvalue weighted by Crippen LogP contribution is 2.28. The zero-order chi connectivity index (χ0) is 17.0. The number of aromatic amines is 1. The molecule has 0 fully saturated rings. The number of benzene rings is 1. The number of amides is 1. The predicted octanol–water partition coefficient (Wildman–Crippen LogP) is 2.38. The summed E-state index contributed by atoms with van der Waals surface area (Å²) in [4.78, 5) is 15.0. The number of methoxy groups -OCH3 is 1. The number of aromatic nitrogens is 1. The van der Waals surface area contributed by atoms with Crippen molar-refractivity contribution in [2.75, 3.05) is 23.4 Å². The van der Waals surface area contributed by atoms with Crippen molar-refractivity contribution in [2.24, 2.45) is 0 Å². The Morgan fingerprint density at radius 3 is 2.65 bits per heavy atom. The first kappa shape index (κ1) is 17.0. The Balaban J connectivity index is 2.30. The summed E-state index contributed by atoms with van der Waals surface area (Å²) in [7, 11) is -2.06. The van der Waals surface area contributed by atoms with Crippen LogP contribution in [0.4, 0.5) is 11.4 Å². The second kappa shape index (κ2) is 6.80. The van der Waals surface area contributed by atoms with Gasteiger partial charge in [-0.2, -0.15) is 0 Å². The number of sulfonamides is 1. The minimum atomic E-state index is -3.48. The summed E-state index contributed by atoms with van der Waals surface area (Å²) in [5, 5.41) is 2.66. The van der Waals surface area contributed by atoms with E-state index >= 15 is 0 Å². The van der Waals surface area contributed by atoms with E-state index in [9.17, 15) is 13.2 Å². The molecule has 0 saturated heterocycles. The molecule has 0 aliphatic carbocycles. The number of rotatable bonds is 5. The molecule has 0 saturated carbocycles. The van der Waals surface area contributed by atoms with Crippen molar-refractivity contribution >= 4 is 39.5 Å². The van der Waals surface area contributed by atoms with E-state index in [1.165, 1.54) is 13.2 Å². The van der Waals surface area contributed by atoms with Gasteiger partial charge >= 0.3 is 0 Å². The molecule has 7 nitrogen and oxygen atoms in total. The Hall–Kier alpha value is -2.39. The van der Waals surface area contributed by atoms with Gasteiger partial charge in [0.05, 0.1) is 24.6 Å². The van der Waals surface area contributed by atoms with Gasteiger partial charge in [-0.1, -0.05) is 12.2 Å². The van der Waals surface area contributed by atoms with E-state index in [2.05, 4.69) is 15.0 Å². The highest BCUT2D eigenvalue weighted by molar-refractivity contribution is 7.92. The lowest BCUT2D eigenvalue weighted by molar-refractivity contribution is 0.102. The van der Waals surface area contributed by atoms with Gasteiger partial charge in [0.15, 0.2) is 0 Å². The summed E-state index contributed by atoms with van der Waals surface area (Å²) >= 11 is 5.05. The molecule has 1 aromatic carbocycles. The molecule has 0 unspecified atom stereocenters. The van der Waals surface area contributed by atoms with Crippen molar-refractivity contribution in [3.8, 4) is 5.75 Å². The highest BCUT2D eigenvalue weighted by Gasteiger charge is 2.12. The summed E-state index contributed by atoms with van der Waals surface area (Å²) in [5.41, 5.74) is 0.946. The molecule has 1 aromatic heterocycles. The molecule has 0 aliphatic heterocycles. The number of carbonyl (C=O) groups excluding carboxylic acids is 1. The first-order valence-corrected chi connectivity index (χ1v) is 8.75. The predicted molar refractivity (Wildman–Crippen MR) is 91.0 cm³/mol. The van der Waals surface area contributed by atoms with E-state index in [0.717, 1.165) is 6.26 Å². The van der Waals surface area contributed by atoms with E-state index in [1.807, 2.05) is 0 Å². The molecule has 122 valence electrons. The Morgan fingerprint density at radius 2 is 2.04 bits per heavy atom. The average Bonchev–Trinajstić information content (AvgIpc) is 2.46. The van der Waals surface area contributed by atoms with Crippen LogP contribution < -0.4 is 14.8 Å². The summed E-state index contributed by atoms with van der Waals surface area (Å²) in [6.07, 6.45) is 2.65. The standard InChI is InChI=1S/C14H15N3O4S2/c1-21-12-6-5-9(8-11(12)17-23(2,19)20)16-13(18)10-4-3-7-15-14(10)22/h3-8,17H,1-2H3,(H,15,22)(H,16,18). The largest absolute Gasteiger partial charge is 0.495 e. The van der Waals surface area contributed by atoms with Gasteiger partial charge in [-0.05, 0) is 30.3 Å². The average molecular weight is 353 g/mol. The van der Waals surface area contributed by atoms with E-state index in [4.69, 9.17) is 17.0 Å². The van der Waals surface area contributed by atoms with Crippen molar-refractivity contribution in [1.82, 2.24) is 4.98 Å². The van der Waals surface area contributed by atoms with Gasteiger partial charge in [-0.25, -0.2) is 8.42 Å². The van der Waals surface area contributed by atoms with Crippen molar-refractivity contribution in [1.29, 1.82) is 0 Å². The fourth-order valence-corrected chi connectivity index (χ4v) is 2.65. The first-order valence-electron chi connectivity index (χ1n) is 6.45. The van der Waals surface area contributed by atoms with Crippen molar-refractivity contribution in [3.05, 3.63) is 46.7 Å². The molecule has 23 heavy (non-hydrogen) atoms. The molecule has 0 radical (unpaired) electrons. The number of anilines is 2. The van der Waals surface area contributed by atoms with Gasteiger partial charge in [0.25, 0.3) is 5.91 Å². The van der Waals surface area contributed by atoms with Crippen LogP contribution in [0.25, 0.3) is 0 Å². The lowest BCUT2D eigenvalue weighted by Crippen LogP contribution is -2.14. The SMILES string of the molecule is COc1ccc(NC(=O)c2ccc[nH]c2=S)cc1NS(C)(=O)=O. The monoisotopic (exact) mass is 353 g/mol. The molecule has 1 amide bonds. The van der Waals surface area contributed by atoms with Gasteiger partial charge in [0.2, 0.25) is 10.0 Å². The number of ether oxygens (including phenoxy) is 1. The Kier molecular flexibility index (Phi) is 5.02. The molecule has 0 atom stereocenters. The quantitative estimate of drug-likeness (QED) is 0.717. The molecule has 2 rings (SSSR count). The third-order valence-electron chi connectivity index (χ3n) is 2.82. The van der Waals surface area contributed by atoms with Crippen LogP contribution in [-0.4, -0.2) is 32.7 Å². The van der Waals surface area contributed by atoms with Crippen LogP contribution in [0.1, 0.15) is 10.4 Å². The molecule has 0 aliphatic rings. The lowest BCUT2D eigenvalue weighted by atomic mass is 10.2. The van der Waals surface area contributed by atoms with Crippen LogP contribution >= 0.6 is 12.2 Å². The fraction of sp³-hybridized carbons (Fsp3) is 0.143. The number of hydrogen-bond donors (Lipinski definition) is 3. The number of carbonyl (C=O) groups is 1. The second-order valence-corrected chi connectivity index (χ2v) is 6.81. The van der Waals surface area contributed by atoms with E-state index in [-0.39, 0.29) is 5.69 Å². The van der Waals surface area contributed by atoms with Crippen LogP contribution in [-0.2, 0) is 10.0 Å². The summed E-state index contributed by atoms with van der Waals surface area (Å²) in [6, 6.07) is 7.87. The van der Waals surface area contributed by atoms with E-state index < -0.39 is 15.9 Å². The molecule has 0 spiro atoms. The molecule has 3 N–H and O–H groups in total. The highest BCUT2D eigenvalue weighted by atomic mass is 32.2. The van der Waals surface area contributed by atoms with Crippen LogP contribution in [0.3, 0.4) is 0 Å². The number of hydrogen-bond acceptors (Lipinski definition) is 5. The Labute approximate surface area is 138 Å². The van der Waals surface area contributed by atoms with Gasteiger partial charge < -0.3 is 15.0 Å². The maximum absolute atomic E-state index is 12.2. The van der Waals surface area contributed by atoms with Crippen LogP contribution in [0, 0.1) is 4.64 Å². The summed E-state index contributed by atoms with van der Waals surface area (Å²) in [6.45, 7) is 0. The zero-order valence-corrected chi connectivity index (χ0v) is 14.0. The zero-order valence-electron chi connectivity index (χ0n) is 12.4. The topological polar surface area (TPSA) is 100 Å². The molecule has 9 heteroatoms. The number of pyridine rings is 1. The summed E-state index contributed by atoms with van der Waals surface area (Å²) < 4.78 is 30.5. The van der Waals surface area contributed by atoms with Crippen LogP contribution in [0.15, 0.2) is 36.5 Å². The minimum absolute atomic E-state index is 0.228. The van der Waals surface area contributed by atoms with Crippen molar-refractivity contribution in [2.45, 2.75) is 0 Å². The van der Waals surface area contributed by atoms with Crippen molar-refractivity contribution < 1.29 is 17.9 Å². The maximum atomic E-state index is 12.2. The third-order valence-corrected chi connectivity index (χ3v) is 3.74. The van der Waals surface area contributed by atoms with Gasteiger partial charge in [0.1, 0.15) is 10.4 Å². The Morgan fingerprint density at radius 1 is 1.30 bits per heavy atom. The van der Waals surface area contributed by atoms with E-state index in [0.29, 0.717) is 21.6 Å². The second-order valence-electron chi connectivity index (χ2n) is 4.66. The van der Waals surface area contributed by atoms with Gasteiger partial charge in [0, 0.05) is 11.9 Å². The number of H-pyrrole nitrogens is 1. The third kappa shape index (κ3) is 4.54. The molecular formula is C14H15N3O4S2. The summed E-state index contributed by atoms with van der Waals surface area (Å²) in [5.74, 6) is -0.0623. The smallest absolute Gasteiger partial charge is 0.258 e. The first-order chi connectivity index (χ1) is 10.8. The minimum Gasteiger partial charge on any atom is -0.495 e. The fourth-order valence-electron chi connectivity index (χ4n) is 1.86. The molecule has 0 bridgehead atoms. The van der Waals surface area contributed by atoms with Crippen LogP contribution in [0.5, 0.6) is 5.75 Å². The molecule has 1 heterocycles. The van der Waals surface area contributed by atoms with Crippen molar-refractivity contribution in [3.63, 3.8) is 0 Å². The lowest BCUT2D eigenvalue weighted by Gasteiger charge is -2.12. The van der Waals surface area contributed by atoms with E-state index in [1.54, 1.807) is 30.5 Å². The molecule has 2 aromatic rings. The Bertz CT molecular complexity index is 891. The number of nitrogens with one attached hydrogen (secondary N) is 3. The van der Waals surface area contributed by atoms with Gasteiger partial charge in [-0.3, -0.25) is 9.52 Å². The normalized spacial score (nSPS) is 10.9. The van der Waals surface area contributed by atoms with Gasteiger partial charge in [-0.15, -0.1) is 0 Å². The maximum Gasteiger partial charge on any atom is 0.258 e.